The first-order valence-corrected chi connectivity index (χ1v) is 7.40. The molecule has 1 rings (SSSR count). The van der Waals surface area contributed by atoms with Crippen molar-refractivity contribution < 1.29 is 13.2 Å². The molecule has 6 nitrogen and oxygen atoms in total. The predicted molar refractivity (Wildman–Crippen MR) is 67.0 cm³/mol. The van der Waals surface area contributed by atoms with Gasteiger partial charge in [-0.2, -0.15) is 0 Å². The summed E-state index contributed by atoms with van der Waals surface area (Å²) in [6, 6.07) is 1.41. The van der Waals surface area contributed by atoms with Crippen LogP contribution in [-0.2, 0) is 14.8 Å². The van der Waals surface area contributed by atoms with E-state index in [0.717, 1.165) is 11.3 Å². The molecule has 0 saturated heterocycles. The molecule has 0 radical (unpaired) electrons. The zero-order valence-corrected chi connectivity index (χ0v) is 10.8. The van der Waals surface area contributed by atoms with Gasteiger partial charge >= 0.3 is 0 Å². The lowest BCUT2D eigenvalue weighted by atomic mass is 10.2. The summed E-state index contributed by atoms with van der Waals surface area (Å²) in [6.07, 6.45) is 1.42. The molecular weight excluding hydrogens is 262 g/mol. The summed E-state index contributed by atoms with van der Waals surface area (Å²) in [5, 5.41) is 1.57. The molecule has 0 unspecified atom stereocenters. The van der Waals surface area contributed by atoms with Crippen LogP contribution in [0.25, 0.3) is 0 Å². The number of nitrogen functional groups attached to an aromatic ring is 1. The van der Waals surface area contributed by atoms with Crippen LogP contribution in [-0.4, -0.2) is 20.9 Å². The van der Waals surface area contributed by atoms with E-state index in [1.54, 1.807) is 5.38 Å². The van der Waals surface area contributed by atoms with Crippen molar-refractivity contribution in [3.8, 4) is 0 Å². The Morgan fingerprint density at radius 1 is 1.41 bits per heavy atom. The SMILES string of the molecule is NC(=O)CCCCNS(=O)(=O)c1cc(N)cs1. The molecule has 0 atom stereocenters. The van der Waals surface area contributed by atoms with Crippen LogP contribution in [0.2, 0.25) is 0 Å². The third kappa shape index (κ3) is 4.72. The van der Waals surface area contributed by atoms with Gasteiger partial charge in [0.25, 0.3) is 0 Å². The number of sulfonamides is 1. The van der Waals surface area contributed by atoms with Crippen molar-refractivity contribution >= 4 is 33.0 Å². The van der Waals surface area contributed by atoms with Crippen molar-refractivity contribution in [1.29, 1.82) is 0 Å². The fraction of sp³-hybridized carbons (Fsp3) is 0.444. The molecular formula is C9H15N3O3S2. The second-order valence-electron chi connectivity index (χ2n) is 3.52. The van der Waals surface area contributed by atoms with Crippen LogP contribution in [0.5, 0.6) is 0 Å². The van der Waals surface area contributed by atoms with Crippen molar-refractivity contribution in [1.82, 2.24) is 4.72 Å². The highest BCUT2D eigenvalue weighted by molar-refractivity contribution is 7.91. The maximum absolute atomic E-state index is 11.7. The summed E-state index contributed by atoms with van der Waals surface area (Å²) in [7, 11) is -3.47. The van der Waals surface area contributed by atoms with Gasteiger partial charge in [0.1, 0.15) is 4.21 Å². The van der Waals surface area contributed by atoms with Crippen LogP contribution in [0, 0.1) is 0 Å². The lowest BCUT2D eigenvalue weighted by Crippen LogP contribution is -2.24. The number of carbonyl (C=O) groups excluding carboxylic acids is 1. The van der Waals surface area contributed by atoms with Crippen LogP contribution < -0.4 is 16.2 Å². The maximum Gasteiger partial charge on any atom is 0.250 e. The molecule has 0 bridgehead atoms. The van der Waals surface area contributed by atoms with E-state index in [-0.39, 0.29) is 23.1 Å². The standard InChI is InChI=1S/C9H15N3O3S2/c10-7-5-9(16-6-7)17(14,15)12-4-2-1-3-8(11)13/h5-6,12H,1-4,10H2,(H2,11,13). The maximum atomic E-state index is 11.7. The first-order valence-electron chi connectivity index (χ1n) is 5.04. The second-order valence-corrected chi connectivity index (χ2v) is 6.43. The van der Waals surface area contributed by atoms with Crippen LogP contribution >= 0.6 is 11.3 Å². The fourth-order valence-electron chi connectivity index (χ4n) is 1.17. The minimum atomic E-state index is -3.47. The number of rotatable bonds is 7. The molecule has 1 heterocycles. The number of hydrogen-bond acceptors (Lipinski definition) is 5. The largest absolute Gasteiger partial charge is 0.398 e. The summed E-state index contributed by atoms with van der Waals surface area (Å²) in [4.78, 5) is 10.5. The van der Waals surface area contributed by atoms with Crippen LogP contribution in [0.3, 0.4) is 0 Å². The topological polar surface area (TPSA) is 115 Å². The molecule has 1 aromatic rings. The van der Waals surface area contributed by atoms with Gasteiger partial charge in [-0.15, -0.1) is 11.3 Å². The van der Waals surface area contributed by atoms with Gasteiger partial charge in [-0.25, -0.2) is 13.1 Å². The summed E-state index contributed by atoms with van der Waals surface area (Å²) >= 11 is 1.08. The number of nitrogens with two attached hydrogens (primary N) is 2. The number of nitrogens with one attached hydrogen (secondary N) is 1. The Labute approximate surface area is 104 Å². The smallest absolute Gasteiger partial charge is 0.250 e. The molecule has 0 spiro atoms. The molecule has 0 aromatic carbocycles. The van der Waals surface area contributed by atoms with Crippen molar-refractivity contribution in [2.45, 2.75) is 23.5 Å². The Morgan fingerprint density at radius 3 is 2.65 bits per heavy atom. The molecule has 5 N–H and O–H groups in total. The molecule has 0 aliphatic carbocycles. The molecule has 17 heavy (non-hydrogen) atoms. The number of primary amides is 1. The van der Waals surface area contributed by atoms with E-state index in [1.165, 1.54) is 6.07 Å². The first kappa shape index (κ1) is 13.9. The zero-order chi connectivity index (χ0) is 12.9. The van der Waals surface area contributed by atoms with Crippen molar-refractivity contribution in [2.24, 2.45) is 5.73 Å². The van der Waals surface area contributed by atoms with Crippen molar-refractivity contribution in [2.75, 3.05) is 12.3 Å². The lowest BCUT2D eigenvalue weighted by Gasteiger charge is -2.03. The van der Waals surface area contributed by atoms with Gasteiger partial charge in [-0.1, -0.05) is 0 Å². The van der Waals surface area contributed by atoms with Gasteiger partial charge in [0.15, 0.2) is 0 Å². The highest BCUT2D eigenvalue weighted by Crippen LogP contribution is 2.21. The molecule has 1 amide bonds. The van der Waals surface area contributed by atoms with Crippen LogP contribution in [0.4, 0.5) is 5.69 Å². The molecule has 1 aromatic heterocycles. The summed E-state index contributed by atoms with van der Waals surface area (Å²) in [5.41, 5.74) is 10.9. The third-order valence-electron chi connectivity index (χ3n) is 2.00. The van der Waals surface area contributed by atoms with Gasteiger partial charge in [-0.3, -0.25) is 4.79 Å². The fourth-order valence-corrected chi connectivity index (χ4v) is 3.37. The van der Waals surface area contributed by atoms with E-state index < -0.39 is 10.0 Å². The Morgan fingerprint density at radius 2 is 2.12 bits per heavy atom. The number of anilines is 1. The summed E-state index contributed by atoms with van der Waals surface area (Å²) in [5.74, 6) is -0.376. The summed E-state index contributed by atoms with van der Waals surface area (Å²) in [6.45, 7) is 0.285. The normalized spacial score (nSPS) is 11.5. The Bertz CT molecular complexity index is 481. The van der Waals surface area contributed by atoms with E-state index in [4.69, 9.17) is 11.5 Å². The minimum Gasteiger partial charge on any atom is -0.398 e. The van der Waals surface area contributed by atoms with Crippen molar-refractivity contribution in [3.63, 3.8) is 0 Å². The van der Waals surface area contributed by atoms with Gasteiger partial charge in [-0.05, 0) is 18.9 Å². The lowest BCUT2D eigenvalue weighted by molar-refractivity contribution is -0.118. The van der Waals surface area contributed by atoms with E-state index in [0.29, 0.717) is 18.5 Å². The van der Waals surface area contributed by atoms with Crippen LogP contribution in [0.15, 0.2) is 15.7 Å². The average molecular weight is 277 g/mol. The van der Waals surface area contributed by atoms with E-state index >= 15 is 0 Å². The number of unbranched alkanes of at least 4 members (excludes halogenated alkanes) is 1. The minimum absolute atomic E-state index is 0.199. The Hall–Kier alpha value is -1.12. The predicted octanol–water partition coefficient (Wildman–Crippen LogP) is 0.264. The third-order valence-corrected chi connectivity index (χ3v) is 4.92. The van der Waals surface area contributed by atoms with Gasteiger partial charge in [0.2, 0.25) is 15.9 Å². The Balaban J connectivity index is 2.38. The number of thiophene rings is 1. The second kappa shape index (κ2) is 5.99. The quantitative estimate of drug-likeness (QED) is 0.620. The zero-order valence-electron chi connectivity index (χ0n) is 9.18. The van der Waals surface area contributed by atoms with Gasteiger partial charge < -0.3 is 11.5 Å². The van der Waals surface area contributed by atoms with E-state index in [1.807, 2.05) is 0 Å². The van der Waals surface area contributed by atoms with E-state index in [9.17, 15) is 13.2 Å². The van der Waals surface area contributed by atoms with Crippen molar-refractivity contribution in [3.05, 3.63) is 11.4 Å². The number of amides is 1. The molecule has 0 aliphatic heterocycles. The van der Waals surface area contributed by atoms with Gasteiger partial charge in [0.05, 0.1) is 0 Å². The molecule has 96 valence electrons. The molecule has 8 heteroatoms. The molecule has 0 fully saturated rings. The average Bonchev–Trinajstić information content (AvgIpc) is 2.64. The summed E-state index contributed by atoms with van der Waals surface area (Å²) < 4.78 is 26.0. The van der Waals surface area contributed by atoms with Gasteiger partial charge in [0, 0.05) is 24.0 Å². The molecule has 0 saturated carbocycles. The van der Waals surface area contributed by atoms with Crippen LogP contribution in [0.1, 0.15) is 19.3 Å². The van der Waals surface area contributed by atoms with E-state index in [2.05, 4.69) is 4.72 Å². The first-order chi connectivity index (χ1) is 7.92. The highest BCUT2D eigenvalue weighted by Gasteiger charge is 2.15. The number of hydrogen-bond donors (Lipinski definition) is 3. The monoisotopic (exact) mass is 277 g/mol. The highest BCUT2D eigenvalue weighted by atomic mass is 32.2. The number of carbonyl (C=O) groups is 1. The Kier molecular flexibility index (Phi) is 4.91. The molecule has 0 aliphatic rings.